The zero-order valence-corrected chi connectivity index (χ0v) is 18.2. The molecule has 2 aliphatic heterocycles. The molecule has 2 heterocycles. The first-order valence-corrected chi connectivity index (χ1v) is 11.5. The lowest BCUT2D eigenvalue weighted by Gasteiger charge is -2.44. The summed E-state index contributed by atoms with van der Waals surface area (Å²) < 4.78 is 18.9. The molecule has 8 nitrogen and oxygen atoms in total. The largest absolute Gasteiger partial charge is 0.368 e. The zero-order chi connectivity index (χ0) is 22.7. The van der Waals surface area contributed by atoms with Crippen molar-refractivity contribution in [3.8, 4) is 0 Å². The van der Waals surface area contributed by atoms with E-state index in [9.17, 15) is 18.8 Å². The standard InChI is InChI=1S/C23H31FN4O4/c24-16-6-4-15(5-7-16)22(30)27-12-2-13-28(23(31)19-3-1-14-32-19)21(27)20(29)26-18-10-8-17(25)9-11-18/h4-7,17-19,21H,1-3,8-14,25H2,(H,26,29). The Labute approximate surface area is 187 Å². The maximum atomic E-state index is 13.4. The second kappa shape index (κ2) is 9.95. The van der Waals surface area contributed by atoms with E-state index in [1.165, 1.54) is 34.1 Å². The van der Waals surface area contributed by atoms with Crippen LogP contribution in [0.3, 0.4) is 0 Å². The van der Waals surface area contributed by atoms with Gasteiger partial charge >= 0.3 is 0 Å². The van der Waals surface area contributed by atoms with Crippen LogP contribution in [0.1, 0.15) is 55.3 Å². The summed E-state index contributed by atoms with van der Waals surface area (Å²) in [5.41, 5.74) is 6.26. The number of carbonyl (C=O) groups is 3. The van der Waals surface area contributed by atoms with Crippen LogP contribution in [0.5, 0.6) is 0 Å². The van der Waals surface area contributed by atoms with Crippen molar-refractivity contribution in [2.24, 2.45) is 5.73 Å². The summed E-state index contributed by atoms with van der Waals surface area (Å²) in [5.74, 6) is -1.47. The first-order chi connectivity index (χ1) is 15.4. The molecule has 3 aliphatic rings. The maximum Gasteiger partial charge on any atom is 0.264 e. The molecule has 3 fully saturated rings. The molecule has 2 atom stereocenters. The molecular formula is C23H31FN4O4. The van der Waals surface area contributed by atoms with Gasteiger partial charge in [0.2, 0.25) is 0 Å². The van der Waals surface area contributed by atoms with Gasteiger partial charge in [-0.2, -0.15) is 0 Å². The number of rotatable bonds is 4. The van der Waals surface area contributed by atoms with Crippen molar-refractivity contribution in [2.45, 2.75) is 69.3 Å². The van der Waals surface area contributed by atoms with Gasteiger partial charge in [0.05, 0.1) is 0 Å². The van der Waals surface area contributed by atoms with Gasteiger partial charge in [0.15, 0.2) is 6.17 Å². The summed E-state index contributed by atoms with van der Waals surface area (Å²) in [6.45, 7) is 1.22. The minimum absolute atomic E-state index is 0.0355. The summed E-state index contributed by atoms with van der Waals surface area (Å²) in [7, 11) is 0. The predicted octanol–water partition coefficient (Wildman–Crippen LogP) is 1.39. The molecule has 9 heteroatoms. The molecule has 1 aliphatic carbocycles. The Morgan fingerprint density at radius 1 is 0.969 bits per heavy atom. The first-order valence-electron chi connectivity index (χ1n) is 11.5. The lowest BCUT2D eigenvalue weighted by atomic mass is 9.91. The maximum absolute atomic E-state index is 13.4. The topological polar surface area (TPSA) is 105 Å². The number of nitrogens with two attached hydrogens (primary N) is 1. The Hall–Kier alpha value is -2.52. The van der Waals surface area contributed by atoms with E-state index in [1.807, 2.05) is 0 Å². The third-order valence-corrected chi connectivity index (χ3v) is 6.58. The van der Waals surface area contributed by atoms with Gasteiger partial charge in [0.25, 0.3) is 17.7 Å². The molecule has 0 radical (unpaired) electrons. The Morgan fingerprint density at radius 3 is 2.31 bits per heavy atom. The van der Waals surface area contributed by atoms with E-state index in [0.29, 0.717) is 32.5 Å². The minimum atomic E-state index is -1.06. The number of benzene rings is 1. The minimum Gasteiger partial charge on any atom is -0.368 e. The second-order valence-corrected chi connectivity index (χ2v) is 8.89. The van der Waals surface area contributed by atoms with Gasteiger partial charge in [-0.25, -0.2) is 4.39 Å². The van der Waals surface area contributed by atoms with Crippen LogP contribution in [0.2, 0.25) is 0 Å². The van der Waals surface area contributed by atoms with Gasteiger partial charge in [0.1, 0.15) is 11.9 Å². The number of nitrogens with one attached hydrogen (secondary N) is 1. The van der Waals surface area contributed by atoms with Gasteiger partial charge < -0.3 is 25.6 Å². The number of carbonyl (C=O) groups excluding carboxylic acids is 3. The normalized spacial score (nSPS) is 28.4. The Kier molecular flexibility index (Phi) is 7.05. The average Bonchev–Trinajstić information content (AvgIpc) is 3.34. The van der Waals surface area contributed by atoms with Crippen molar-refractivity contribution in [1.29, 1.82) is 0 Å². The third kappa shape index (κ3) is 4.94. The molecule has 3 amide bonds. The zero-order valence-electron chi connectivity index (χ0n) is 18.2. The second-order valence-electron chi connectivity index (χ2n) is 8.89. The average molecular weight is 447 g/mol. The van der Waals surface area contributed by atoms with E-state index in [-0.39, 0.29) is 29.5 Å². The van der Waals surface area contributed by atoms with Gasteiger partial charge in [-0.05, 0) is 69.2 Å². The molecule has 4 rings (SSSR count). The van der Waals surface area contributed by atoms with E-state index in [4.69, 9.17) is 10.5 Å². The van der Waals surface area contributed by atoms with E-state index < -0.39 is 24.0 Å². The molecular weight excluding hydrogens is 415 g/mol. The molecule has 1 aromatic rings. The molecule has 2 saturated heterocycles. The SMILES string of the molecule is NC1CCC(NC(=O)C2N(C(=O)c3ccc(F)cc3)CCCN2C(=O)C2CCCO2)CC1. The highest BCUT2D eigenvalue weighted by Crippen LogP contribution is 2.24. The van der Waals surface area contributed by atoms with Crippen molar-refractivity contribution in [3.05, 3.63) is 35.6 Å². The van der Waals surface area contributed by atoms with Crippen LogP contribution < -0.4 is 11.1 Å². The van der Waals surface area contributed by atoms with E-state index in [0.717, 1.165) is 32.1 Å². The Bertz CT molecular complexity index is 835. The number of hydrogen-bond donors (Lipinski definition) is 2. The van der Waals surface area contributed by atoms with Crippen LogP contribution in [-0.2, 0) is 14.3 Å². The fraction of sp³-hybridized carbons (Fsp3) is 0.609. The lowest BCUT2D eigenvalue weighted by Crippen LogP contribution is -2.65. The monoisotopic (exact) mass is 446 g/mol. The van der Waals surface area contributed by atoms with Gasteiger partial charge in [-0.3, -0.25) is 14.4 Å². The molecule has 174 valence electrons. The Morgan fingerprint density at radius 2 is 1.66 bits per heavy atom. The summed E-state index contributed by atoms with van der Waals surface area (Å²) in [6.07, 6.45) is 3.49. The third-order valence-electron chi connectivity index (χ3n) is 6.58. The van der Waals surface area contributed by atoms with Crippen LogP contribution >= 0.6 is 0 Å². The molecule has 0 aromatic heterocycles. The van der Waals surface area contributed by atoms with Gasteiger partial charge in [-0.15, -0.1) is 0 Å². The summed E-state index contributed by atoms with van der Waals surface area (Å²) in [4.78, 5) is 42.9. The molecule has 1 aromatic carbocycles. The first kappa shape index (κ1) is 22.7. The Balaban J connectivity index is 1.57. The summed E-state index contributed by atoms with van der Waals surface area (Å²) in [6, 6.07) is 5.34. The fourth-order valence-electron chi connectivity index (χ4n) is 4.81. The molecule has 0 bridgehead atoms. The molecule has 32 heavy (non-hydrogen) atoms. The van der Waals surface area contributed by atoms with Crippen LogP contribution in [-0.4, -0.2) is 71.6 Å². The van der Waals surface area contributed by atoms with E-state index >= 15 is 0 Å². The number of ether oxygens (including phenoxy) is 1. The fourth-order valence-corrected chi connectivity index (χ4v) is 4.81. The lowest BCUT2D eigenvalue weighted by molar-refractivity contribution is -0.156. The van der Waals surface area contributed by atoms with Crippen molar-refractivity contribution >= 4 is 17.7 Å². The smallest absolute Gasteiger partial charge is 0.264 e. The number of amides is 3. The number of hydrogen-bond acceptors (Lipinski definition) is 5. The summed E-state index contributed by atoms with van der Waals surface area (Å²) >= 11 is 0. The quantitative estimate of drug-likeness (QED) is 0.727. The van der Waals surface area contributed by atoms with Gasteiger partial charge in [0, 0.05) is 37.3 Å². The molecule has 0 spiro atoms. The van der Waals surface area contributed by atoms with Crippen molar-refractivity contribution in [3.63, 3.8) is 0 Å². The van der Waals surface area contributed by atoms with E-state index in [1.54, 1.807) is 0 Å². The van der Waals surface area contributed by atoms with Crippen molar-refractivity contribution in [1.82, 2.24) is 15.1 Å². The van der Waals surface area contributed by atoms with Crippen LogP contribution in [0.4, 0.5) is 4.39 Å². The highest BCUT2D eigenvalue weighted by atomic mass is 19.1. The number of nitrogens with zero attached hydrogens (tertiary/aromatic N) is 2. The van der Waals surface area contributed by atoms with E-state index in [2.05, 4.69) is 5.32 Å². The molecule has 1 saturated carbocycles. The summed E-state index contributed by atoms with van der Waals surface area (Å²) in [5, 5.41) is 3.05. The highest BCUT2D eigenvalue weighted by molar-refractivity contribution is 5.99. The predicted molar refractivity (Wildman–Crippen MR) is 115 cm³/mol. The van der Waals surface area contributed by atoms with Crippen molar-refractivity contribution < 1.29 is 23.5 Å². The van der Waals surface area contributed by atoms with Crippen LogP contribution in [0.25, 0.3) is 0 Å². The number of halogens is 1. The molecule has 3 N–H and O–H groups in total. The van der Waals surface area contributed by atoms with Gasteiger partial charge in [-0.1, -0.05) is 0 Å². The molecule has 2 unspecified atom stereocenters. The van der Waals surface area contributed by atoms with Crippen LogP contribution in [0.15, 0.2) is 24.3 Å². The van der Waals surface area contributed by atoms with Crippen LogP contribution in [0, 0.1) is 5.82 Å². The van der Waals surface area contributed by atoms with Crippen molar-refractivity contribution in [2.75, 3.05) is 19.7 Å². The highest BCUT2D eigenvalue weighted by Gasteiger charge is 2.43.